The van der Waals surface area contributed by atoms with Gasteiger partial charge in [0.15, 0.2) is 0 Å². The molecule has 1 fully saturated rings. The van der Waals surface area contributed by atoms with Gasteiger partial charge in [0.25, 0.3) is 11.8 Å². The second kappa shape index (κ2) is 10.3. The van der Waals surface area contributed by atoms with Crippen molar-refractivity contribution in [2.45, 2.75) is 52.2 Å². The van der Waals surface area contributed by atoms with Crippen LogP contribution in [0.2, 0.25) is 0 Å². The summed E-state index contributed by atoms with van der Waals surface area (Å²) in [5.41, 5.74) is -0.928. The van der Waals surface area contributed by atoms with Crippen molar-refractivity contribution in [3.8, 4) is 0 Å². The van der Waals surface area contributed by atoms with Gasteiger partial charge in [0.05, 0.1) is 19.9 Å². The Morgan fingerprint density at radius 3 is 2.62 bits per heavy atom. The molecule has 3 heterocycles. The molecule has 172 valence electrons. The van der Waals surface area contributed by atoms with Crippen LogP contribution in [0.15, 0.2) is 40.0 Å². The molecule has 0 saturated carbocycles. The lowest BCUT2D eigenvalue weighted by Gasteiger charge is -2.33. The average Bonchev–Trinajstić information content (AvgIpc) is 3.31. The van der Waals surface area contributed by atoms with Crippen molar-refractivity contribution < 1.29 is 23.5 Å². The van der Waals surface area contributed by atoms with Crippen LogP contribution in [0.3, 0.4) is 0 Å². The maximum atomic E-state index is 13.4. The summed E-state index contributed by atoms with van der Waals surface area (Å²) in [5, 5.41) is 2.66. The normalized spacial score (nSPS) is 16.1. The number of pyridine rings is 1. The molecule has 0 aliphatic carbocycles. The van der Waals surface area contributed by atoms with Gasteiger partial charge in [-0.15, -0.1) is 0 Å². The minimum absolute atomic E-state index is 0.115. The number of aromatic nitrogens is 1. The van der Waals surface area contributed by atoms with Gasteiger partial charge in [-0.1, -0.05) is 13.8 Å². The predicted octanol–water partition coefficient (Wildman–Crippen LogP) is 2.19. The molecule has 1 unspecified atom stereocenters. The fourth-order valence-electron chi connectivity index (χ4n) is 3.86. The number of carbonyl (C=O) groups excluding carboxylic acids is 3. The molecule has 0 spiro atoms. The quantitative estimate of drug-likeness (QED) is 0.657. The molecular formula is C23H29N3O6. The van der Waals surface area contributed by atoms with Gasteiger partial charge in [-0.25, -0.2) is 4.79 Å². The zero-order valence-corrected chi connectivity index (χ0v) is 18.6. The van der Waals surface area contributed by atoms with E-state index < -0.39 is 29.3 Å². The van der Waals surface area contributed by atoms with E-state index in [4.69, 9.17) is 9.15 Å². The van der Waals surface area contributed by atoms with Crippen LogP contribution in [0, 0.1) is 5.92 Å². The van der Waals surface area contributed by atoms with Gasteiger partial charge in [0.1, 0.15) is 22.9 Å². The van der Waals surface area contributed by atoms with Crippen LogP contribution < -0.4 is 10.7 Å². The number of furan rings is 1. The Bertz CT molecular complexity index is 1020. The fraction of sp³-hybridized carbons (Fsp3) is 0.478. The summed E-state index contributed by atoms with van der Waals surface area (Å²) >= 11 is 0. The van der Waals surface area contributed by atoms with Crippen molar-refractivity contribution in [2.24, 2.45) is 5.92 Å². The van der Waals surface area contributed by atoms with Crippen molar-refractivity contribution in [2.75, 3.05) is 13.7 Å². The van der Waals surface area contributed by atoms with E-state index in [1.54, 1.807) is 16.7 Å². The highest BCUT2D eigenvalue weighted by Crippen LogP contribution is 2.20. The van der Waals surface area contributed by atoms with Crippen molar-refractivity contribution in [3.63, 3.8) is 0 Å². The summed E-state index contributed by atoms with van der Waals surface area (Å²) in [6.45, 7) is 4.96. The van der Waals surface area contributed by atoms with Gasteiger partial charge in [0.2, 0.25) is 5.43 Å². The third-order valence-corrected chi connectivity index (χ3v) is 5.37. The first-order valence-corrected chi connectivity index (χ1v) is 10.7. The molecule has 1 saturated heterocycles. The molecule has 1 atom stereocenters. The molecule has 2 aromatic heterocycles. The highest BCUT2D eigenvalue weighted by Gasteiger charge is 2.35. The SMILES string of the molecule is COC(=O)C1CCCCN1C(=O)c1cn(CC(C)C)cc(C(=O)NCc2ccco2)c1=O. The minimum atomic E-state index is -0.740. The smallest absolute Gasteiger partial charge is 0.328 e. The average molecular weight is 444 g/mol. The van der Waals surface area contributed by atoms with Gasteiger partial charge in [-0.3, -0.25) is 14.4 Å². The maximum Gasteiger partial charge on any atom is 0.328 e. The predicted molar refractivity (Wildman–Crippen MR) is 116 cm³/mol. The topological polar surface area (TPSA) is 111 Å². The summed E-state index contributed by atoms with van der Waals surface area (Å²) in [7, 11) is 1.28. The van der Waals surface area contributed by atoms with Gasteiger partial charge < -0.3 is 23.9 Å². The fourth-order valence-corrected chi connectivity index (χ4v) is 3.86. The first kappa shape index (κ1) is 23.3. The second-order valence-electron chi connectivity index (χ2n) is 8.30. The second-order valence-corrected chi connectivity index (χ2v) is 8.30. The third kappa shape index (κ3) is 5.27. The molecule has 0 radical (unpaired) electrons. The molecule has 0 aromatic carbocycles. The first-order valence-electron chi connectivity index (χ1n) is 10.7. The highest BCUT2D eigenvalue weighted by molar-refractivity contribution is 6.00. The summed E-state index contributed by atoms with van der Waals surface area (Å²) in [6, 6.07) is 2.67. The number of esters is 1. The zero-order chi connectivity index (χ0) is 23.3. The summed E-state index contributed by atoms with van der Waals surface area (Å²) in [6.07, 6.45) is 6.41. The van der Waals surface area contributed by atoms with Gasteiger partial charge in [0, 0.05) is 25.5 Å². The van der Waals surface area contributed by atoms with Crippen LogP contribution in [-0.2, 0) is 22.6 Å². The summed E-state index contributed by atoms with van der Waals surface area (Å²) < 4.78 is 11.7. The van der Waals surface area contributed by atoms with E-state index >= 15 is 0 Å². The number of amides is 2. The van der Waals surface area contributed by atoms with E-state index in [0.717, 1.165) is 12.8 Å². The van der Waals surface area contributed by atoms with E-state index in [2.05, 4.69) is 5.32 Å². The number of piperidine rings is 1. The number of ether oxygens (including phenoxy) is 1. The van der Waals surface area contributed by atoms with E-state index in [9.17, 15) is 19.2 Å². The Labute approximate surface area is 186 Å². The van der Waals surface area contributed by atoms with E-state index in [0.29, 0.717) is 25.3 Å². The lowest BCUT2D eigenvalue weighted by atomic mass is 10.0. The number of hydrogen-bond donors (Lipinski definition) is 1. The number of nitrogens with zero attached hydrogens (tertiary/aromatic N) is 2. The number of likely N-dealkylation sites (tertiary alicyclic amines) is 1. The number of carbonyl (C=O) groups is 3. The lowest BCUT2D eigenvalue weighted by molar-refractivity contribution is -0.147. The Balaban J connectivity index is 1.95. The Morgan fingerprint density at radius 1 is 1.22 bits per heavy atom. The van der Waals surface area contributed by atoms with E-state index in [-0.39, 0.29) is 23.6 Å². The zero-order valence-electron chi connectivity index (χ0n) is 18.6. The molecule has 0 bridgehead atoms. The standard InChI is InChI=1S/C23H29N3O6/c1-15(2)12-25-13-17(21(28)24-11-16-7-6-10-32-16)20(27)18(14-25)22(29)26-9-5-4-8-19(26)23(30)31-3/h6-7,10,13-15,19H,4-5,8-9,11-12H2,1-3H3,(H,24,28). The molecule has 9 nitrogen and oxygen atoms in total. The van der Waals surface area contributed by atoms with Crippen LogP contribution in [0.5, 0.6) is 0 Å². The number of nitrogens with one attached hydrogen (secondary N) is 1. The Hall–Kier alpha value is -3.36. The minimum Gasteiger partial charge on any atom is -0.467 e. The highest BCUT2D eigenvalue weighted by atomic mass is 16.5. The maximum absolute atomic E-state index is 13.4. The summed E-state index contributed by atoms with van der Waals surface area (Å²) in [4.78, 5) is 52.9. The van der Waals surface area contributed by atoms with Gasteiger partial charge >= 0.3 is 5.97 Å². The van der Waals surface area contributed by atoms with E-state index in [1.165, 1.54) is 30.7 Å². The Kier molecular flexibility index (Phi) is 7.50. The first-order chi connectivity index (χ1) is 15.3. The molecule has 1 N–H and O–H groups in total. The lowest BCUT2D eigenvalue weighted by Crippen LogP contribution is -2.50. The molecule has 1 aliphatic rings. The summed E-state index contributed by atoms with van der Waals surface area (Å²) in [5.74, 6) is -0.905. The Morgan fingerprint density at radius 2 is 1.97 bits per heavy atom. The molecular weight excluding hydrogens is 414 g/mol. The monoisotopic (exact) mass is 443 g/mol. The molecule has 2 amide bonds. The van der Waals surface area contributed by atoms with Crippen molar-refractivity contribution in [1.29, 1.82) is 0 Å². The van der Waals surface area contributed by atoms with E-state index in [1.807, 2.05) is 13.8 Å². The van der Waals surface area contributed by atoms with Crippen molar-refractivity contribution in [1.82, 2.24) is 14.8 Å². The molecule has 2 aromatic rings. The molecule has 9 heteroatoms. The van der Waals surface area contributed by atoms with Crippen LogP contribution in [0.4, 0.5) is 0 Å². The van der Waals surface area contributed by atoms with Crippen molar-refractivity contribution >= 4 is 17.8 Å². The van der Waals surface area contributed by atoms with Crippen molar-refractivity contribution in [3.05, 3.63) is 57.9 Å². The number of methoxy groups -OCH3 is 1. The van der Waals surface area contributed by atoms with Crippen LogP contribution in [0.1, 0.15) is 59.6 Å². The van der Waals surface area contributed by atoms with Crippen LogP contribution in [-0.4, -0.2) is 46.9 Å². The molecule has 3 rings (SSSR count). The number of rotatable bonds is 7. The van der Waals surface area contributed by atoms with Crippen LogP contribution in [0.25, 0.3) is 0 Å². The third-order valence-electron chi connectivity index (χ3n) is 5.37. The van der Waals surface area contributed by atoms with Crippen LogP contribution >= 0.6 is 0 Å². The van der Waals surface area contributed by atoms with Gasteiger partial charge in [-0.2, -0.15) is 0 Å². The van der Waals surface area contributed by atoms with Gasteiger partial charge in [-0.05, 0) is 37.3 Å². The molecule has 1 aliphatic heterocycles. The molecule has 32 heavy (non-hydrogen) atoms. The number of hydrogen-bond acceptors (Lipinski definition) is 6. The largest absolute Gasteiger partial charge is 0.467 e.